The number of halogens is 1. The molecule has 1 aromatic carbocycles. The molecule has 1 aliphatic rings. The number of rotatable bonds is 5. The topological polar surface area (TPSA) is 53.3 Å². The van der Waals surface area contributed by atoms with Crippen molar-refractivity contribution in [2.75, 3.05) is 13.7 Å². The van der Waals surface area contributed by atoms with Crippen LogP contribution >= 0.6 is 11.6 Å². The van der Waals surface area contributed by atoms with Gasteiger partial charge in [-0.25, -0.2) is 0 Å². The maximum absolute atomic E-state index is 9.81. The number of hydrogen-bond acceptors (Lipinski definition) is 3. The lowest BCUT2D eigenvalue weighted by atomic mass is 9.74. The molecule has 0 amide bonds. The monoisotopic (exact) mass is 307 g/mol. The summed E-state index contributed by atoms with van der Waals surface area (Å²) in [5, 5.41) is 18.7. The van der Waals surface area contributed by atoms with Gasteiger partial charge in [0.1, 0.15) is 0 Å². The second-order valence-electron chi connectivity index (χ2n) is 5.77. The first-order valence-electron chi connectivity index (χ1n) is 7.17. The summed E-state index contributed by atoms with van der Waals surface area (Å²) >= 11 is 5.92. The van der Waals surface area contributed by atoms with E-state index in [0.29, 0.717) is 0 Å². The molecule has 0 spiro atoms. The van der Waals surface area contributed by atoms with Crippen LogP contribution in [0.5, 0.6) is 0 Å². The van der Waals surface area contributed by atoms with E-state index in [4.69, 9.17) is 21.7 Å². The Morgan fingerprint density at radius 1 is 1.52 bits per heavy atom. The molecule has 0 unspecified atom stereocenters. The lowest BCUT2D eigenvalue weighted by Crippen LogP contribution is -2.37. The minimum atomic E-state index is -0.440. The average Bonchev–Trinajstić information content (AvgIpc) is 2.88. The molecule has 3 atom stereocenters. The van der Waals surface area contributed by atoms with Crippen molar-refractivity contribution in [1.82, 2.24) is 0 Å². The van der Waals surface area contributed by atoms with Gasteiger partial charge in [-0.2, -0.15) is 0 Å². The molecule has 1 saturated carbocycles. The van der Waals surface area contributed by atoms with Gasteiger partial charge in [-0.3, -0.25) is 5.41 Å². The molecule has 4 heteroatoms. The van der Waals surface area contributed by atoms with Crippen LogP contribution in [0.4, 0.5) is 0 Å². The summed E-state index contributed by atoms with van der Waals surface area (Å²) in [7, 11) is 1.52. The highest BCUT2D eigenvalue weighted by Crippen LogP contribution is 2.49. The molecule has 1 aromatic rings. The van der Waals surface area contributed by atoms with Crippen LogP contribution in [0.15, 0.2) is 36.9 Å². The van der Waals surface area contributed by atoms with Crippen molar-refractivity contribution in [3.63, 3.8) is 0 Å². The van der Waals surface area contributed by atoms with Gasteiger partial charge in [0.05, 0.1) is 13.7 Å². The summed E-state index contributed by atoms with van der Waals surface area (Å²) < 4.78 is 5.18. The zero-order chi connectivity index (χ0) is 15.5. The highest BCUT2D eigenvalue weighted by Gasteiger charge is 2.49. The van der Waals surface area contributed by atoms with Gasteiger partial charge in [0.15, 0.2) is 5.90 Å². The molecule has 0 saturated heterocycles. The molecule has 0 radical (unpaired) electrons. The third kappa shape index (κ3) is 3.14. The standard InChI is InChI=1S/C17H22ClNO2/c1-3-17(11-20)9-8-13(15(17)16(19)21-2)10-12-4-6-14(18)7-5-12/h3-7,13,15,19-20H,1,8-11H2,2H3/t13-,15+,17+/m1/s1. The lowest BCUT2D eigenvalue weighted by Gasteiger charge is -2.32. The molecule has 21 heavy (non-hydrogen) atoms. The highest BCUT2D eigenvalue weighted by atomic mass is 35.5. The lowest BCUT2D eigenvalue weighted by molar-refractivity contribution is 0.133. The number of ether oxygens (including phenoxy) is 1. The van der Waals surface area contributed by atoms with Crippen LogP contribution in [-0.2, 0) is 11.2 Å². The van der Waals surface area contributed by atoms with Gasteiger partial charge in [-0.05, 0) is 42.9 Å². The van der Waals surface area contributed by atoms with Crippen molar-refractivity contribution in [3.05, 3.63) is 47.5 Å². The van der Waals surface area contributed by atoms with E-state index in [2.05, 4.69) is 6.58 Å². The SMILES string of the molecule is C=C[C@@]1(CO)CC[C@H](Cc2ccc(Cl)cc2)[C@H]1C(=N)OC. The second kappa shape index (κ2) is 6.63. The number of benzene rings is 1. The summed E-state index contributed by atoms with van der Waals surface area (Å²) in [4.78, 5) is 0. The maximum atomic E-state index is 9.81. The first-order valence-corrected chi connectivity index (χ1v) is 7.55. The minimum absolute atomic E-state index is 0.00399. The van der Waals surface area contributed by atoms with Gasteiger partial charge in [0, 0.05) is 16.4 Å². The van der Waals surface area contributed by atoms with Gasteiger partial charge >= 0.3 is 0 Å². The van der Waals surface area contributed by atoms with Crippen molar-refractivity contribution in [2.45, 2.75) is 19.3 Å². The first kappa shape index (κ1) is 16.1. The summed E-state index contributed by atoms with van der Waals surface area (Å²) in [6, 6.07) is 7.80. The molecule has 3 nitrogen and oxygen atoms in total. The maximum Gasteiger partial charge on any atom is 0.184 e. The van der Waals surface area contributed by atoms with Gasteiger partial charge < -0.3 is 9.84 Å². The van der Waals surface area contributed by atoms with Crippen molar-refractivity contribution in [2.24, 2.45) is 17.3 Å². The Morgan fingerprint density at radius 2 is 2.19 bits per heavy atom. The van der Waals surface area contributed by atoms with Crippen molar-refractivity contribution >= 4 is 17.5 Å². The predicted molar refractivity (Wildman–Crippen MR) is 85.8 cm³/mol. The molecule has 1 fully saturated rings. The third-order valence-electron chi connectivity index (χ3n) is 4.69. The fourth-order valence-corrected chi connectivity index (χ4v) is 3.59. The second-order valence-corrected chi connectivity index (χ2v) is 6.21. The molecule has 0 aliphatic heterocycles. The largest absolute Gasteiger partial charge is 0.484 e. The number of hydrogen-bond donors (Lipinski definition) is 2. The molecule has 0 aromatic heterocycles. The van der Waals surface area contributed by atoms with Crippen LogP contribution in [0.25, 0.3) is 0 Å². The van der Waals surface area contributed by atoms with Gasteiger partial charge in [0.25, 0.3) is 0 Å². The zero-order valence-electron chi connectivity index (χ0n) is 12.3. The third-order valence-corrected chi connectivity index (χ3v) is 4.94. The Labute approximate surface area is 131 Å². The quantitative estimate of drug-likeness (QED) is 0.495. The van der Waals surface area contributed by atoms with Crippen molar-refractivity contribution < 1.29 is 9.84 Å². The van der Waals surface area contributed by atoms with Crippen LogP contribution in [0.1, 0.15) is 18.4 Å². The Hall–Kier alpha value is -1.32. The molecule has 0 bridgehead atoms. The number of methoxy groups -OCH3 is 1. The van der Waals surface area contributed by atoms with E-state index in [1.165, 1.54) is 12.7 Å². The van der Waals surface area contributed by atoms with Crippen molar-refractivity contribution in [1.29, 1.82) is 5.41 Å². The van der Waals surface area contributed by atoms with Gasteiger partial charge in [-0.15, -0.1) is 6.58 Å². The highest BCUT2D eigenvalue weighted by molar-refractivity contribution is 6.30. The normalized spacial score (nSPS) is 28.3. The Bertz CT molecular complexity index is 514. The first-order chi connectivity index (χ1) is 10.1. The Kier molecular flexibility index (Phi) is 5.07. The fraction of sp³-hybridized carbons (Fsp3) is 0.471. The van der Waals surface area contributed by atoms with Crippen LogP contribution < -0.4 is 0 Å². The molecular formula is C17H22ClNO2. The molecule has 114 valence electrons. The Balaban J connectivity index is 2.24. The van der Waals surface area contributed by atoms with E-state index in [1.54, 1.807) is 6.08 Å². The summed E-state index contributed by atoms with van der Waals surface area (Å²) in [5.74, 6) is 0.380. The Morgan fingerprint density at radius 3 is 2.71 bits per heavy atom. The summed E-state index contributed by atoms with van der Waals surface area (Å²) in [5.41, 5.74) is 0.751. The van der Waals surface area contributed by atoms with Crippen LogP contribution in [0.2, 0.25) is 5.02 Å². The minimum Gasteiger partial charge on any atom is -0.484 e. The molecule has 0 heterocycles. The van der Waals surface area contributed by atoms with E-state index in [1.807, 2.05) is 24.3 Å². The van der Waals surface area contributed by atoms with Crippen LogP contribution in [0.3, 0.4) is 0 Å². The number of aliphatic hydroxyl groups is 1. The predicted octanol–water partition coefficient (Wildman–Crippen LogP) is 3.70. The molecule has 1 aliphatic carbocycles. The number of aliphatic hydroxyl groups excluding tert-OH is 1. The molecular weight excluding hydrogens is 286 g/mol. The smallest absolute Gasteiger partial charge is 0.184 e. The molecule has 2 rings (SSSR count). The summed E-state index contributed by atoms with van der Waals surface area (Å²) in [6.45, 7) is 3.88. The zero-order valence-corrected chi connectivity index (χ0v) is 13.1. The molecule has 2 N–H and O–H groups in total. The van der Waals surface area contributed by atoms with E-state index in [-0.39, 0.29) is 24.3 Å². The van der Waals surface area contributed by atoms with Crippen LogP contribution in [0, 0.1) is 22.7 Å². The summed E-state index contributed by atoms with van der Waals surface area (Å²) in [6.07, 6.45) is 4.43. The van der Waals surface area contributed by atoms with Gasteiger partial charge in [0.2, 0.25) is 0 Å². The van der Waals surface area contributed by atoms with E-state index < -0.39 is 5.41 Å². The van der Waals surface area contributed by atoms with Gasteiger partial charge in [-0.1, -0.05) is 29.8 Å². The average molecular weight is 308 g/mol. The number of nitrogens with one attached hydrogen (secondary N) is 1. The van der Waals surface area contributed by atoms with E-state index >= 15 is 0 Å². The van der Waals surface area contributed by atoms with Crippen LogP contribution in [-0.4, -0.2) is 24.7 Å². The fourth-order valence-electron chi connectivity index (χ4n) is 3.46. The van der Waals surface area contributed by atoms with E-state index in [0.717, 1.165) is 24.3 Å². The van der Waals surface area contributed by atoms with E-state index in [9.17, 15) is 5.11 Å². The van der Waals surface area contributed by atoms with Crippen molar-refractivity contribution in [3.8, 4) is 0 Å².